The summed E-state index contributed by atoms with van der Waals surface area (Å²) in [4.78, 5) is 21.0. The maximum atomic E-state index is 12.7. The zero-order valence-corrected chi connectivity index (χ0v) is 18.0. The van der Waals surface area contributed by atoms with E-state index in [4.69, 9.17) is 9.26 Å². The standard InChI is InChI=1S/C24H25N5O3/c1-31-20-9-7-19(8-10-20)24-26-22(32-27-24)11-12-23(30)29-15-13-28(14-16-29)21(17-25)18-5-3-2-4-6-18/h2-10,21H,11-16H2,1H3. The summed E-state index contributed by atoms with van der Waals surface area (Å²) in [6.45, 7) is 2.54. The van der Waals surface area contributed by atoms with Crippen molar-refractivity contribution in [1.29, 1.82) is 5.26 Å². The van der Waals surface area contributed by atoms with Crippen LogP contribution in [-0.2, 0) is 11.2 Å². The number of hydrogen-bond donors (Lipinski definition) is 0. The van der Waals surface area contributed by atoms with E-state index < -0.39 is 0 Å². The van der Waals surface area contributed by atoms with Crippen LogP contribution in [0.4, 0.5) is 0 Å². The number of methoxy groups -OCH3 is 1. The molecule has 1 atom stereocenters. The molecule has 1 aromatic heterocycles. The minimum atomic E-state index is -0.289. The second-order valence-electron chi connectivity index (χ2n) is 7.60. The first-order valence-electron chi connectivity index (χ1n) is 10.6. The number of carbonyl (C=O) groups is 1. The van der Waals surface area contributed by atoms with Gasteiger partial charge in [0.1, 0.15) is 11.8 Å². The summed E-state index contributed by atoms with van der Waals surface area (Å²) >= 11 is 0. The van der Waals surface area contributed by atoms with Crippen molar-refractivity contribution in [3.63, 3.8) is 0 Å². The fourth-order valence-electron chi connectivity index (χ4n) is 3.82. The second kappa shape index (κ2) is 10.1. The molecule has 4 rings (SSSR count). The number of amides is 1. The van der Waals surface area contributed by atoms with E-state index in [9.17, 15) is 10.1 Å². The maximum absolute atomic E-state index is 12.7. The molecule has 3 aromatic rings. The van der Waals surface area contributed by atoms with Gasteiger partial charge in [0.25, 0.3) is 0 Å². The number of carbonyl (C=O) groups excluding carboxylic acids is 1. The Hall–Kier alpha value is -3.70. The van der Waals surface area contributed by atoms with Gasteiger partial charge in [0, 0.05) is 44.6 Å². The molecule has 0 spiro atoms. The molecule has 164 valence electrons. The van der Waals surface area contributed by atoms with Crippen LogP contribution in [0.25, 0.3) is 11.4 Å². The Labute approximate surface area is 187 Å². The Kier molecular flexibility index (Phi) is 6.78. The van der Waals surface area contributed by atoms with Gasteiger partial charge >= 0.3 is 0 Å². The minimum Gasteiger partial charge on any atom is -0.497 e. The van der Waals surface area contributed by atoms with E-state index in [2.05, 4.69) is 21.1 Å². The van der Waals surface area contributed by atoms with Crippen LogP contribution in [0.1, 0.15) is 23.9 Å². The molecule has 0 saturated carbocycles. The lowest BCUT2D eigenvalue weighted by Gasteiger charge is -2.37. The average Bonchev–Trinajstić information content (AvgIpc) is 3.33. The van der Waals surface area contributed by atoms with Crippen LogP contribution >= 0.6 is 0 Å². The fourth-order valence-corrected chi connectivity index (χ4v) is 3.82. The first kappa shape index (κ1) is 21.5. The van der Waals surface area contributed by atoms with Crippen molar-refractivity contribution < 1.29 is 14.1 Å². The van der Waals surface area contributed by atoms with Crippen molar-refractivity contribution in [2.75, 3.05) is 33.3 Å². The molecule has 1 aliphatic heterocycles. The summed E-state index contributed by atoms with van der Waals surface area (Å²) in [6, 6.07) is 19.3. The van der Waals surface area contributed by atoms with Crippen molar-refractivity contribution in [1.82, 2.24) is 19.9 Å². The van der Waals surface area contributed by atoms with Gasteiger partial charge < -0.3 is 14.2 Å². The Morgan fingerprint density at radius 1 is 1.12 bits per heavy atom. The monoisotopic (exact) mass is 431 g/mol. The number of aryl methyl sites for hydroxylation is 1. The van der Waals surface area contributed by atoms with Crippen molar-refractivity contribution >= 4 is 5.91 Å². The van der Waals surface area contributed by atoms with Gasteiger partial charge in [0.05, 0.1) is 13.2 Å². The molecular weight excluding hydrogens is 406 g/mol. The zero-order valence-electron chi connectivity index (χ0n) is 18.0. The summed E-state index contributed by atoms with van der Waals surface area (Å²) < 4.78 is 10.5. The highest BCUT2D eigenvalue weighted by atomic mass is 16.5. The van der Waals surface area contributed by atoms with E-state index in [1.807, 2.05) is 59.5 Å². The average molecular weight is 431 g/mol. The molecule has 8 heteroatoms. The first-order chi connectivity index (χ1) is 15.7. The molecule has 1 aliphatic rings. The lowest BCUT2D eigenvalue weighted by molar-refractivity contribution is -0.133. The van der Waals surface area contributed by atoms with Crippen LogP contribution in [0, 0.1) is 11.3 Å². The minimum absolute atomic E-state index is 0.0575. The number of hydrogen-bond acceptors (Lipinski definition) is 7. The number of nitriles is 1. The molecule has 8 nitrogen and oxygen atoms in total. The maximum Gasteiger partial charge on any atom is 0.227 e. The van der Waals surface area contributed by atoms with Gasteiger partial charge in [-0.25, -0.2) is 0 Å². The molecule has 0 N–H and O–H groups in total. The van der Waals surface area contributed by atoms with E-state index in [1.54, 1.807) is 7.11 Å². The molecule has 1 saturated heterocycles. The zero-order chi connectivity index (χ0) is 22.3. The summed E-state index contributed by atoms with van der Waals surface area (Å²) in [7, 11) is 1.61. The molecule has 2 heterocycles. The lowest BCUT2D eigenvalue weighted by Crippen LogP contribution is -2.49. The number of rotatable bonds is 7. The third-order valence-electron chi connectivity index (χ3n) is 5.64. The highest BCUT2D eigenvalue weighted by Crippen LogP contribution is 2.22. The summed E-state index contributed by atoms with van der Waals surface area (Å²) in [5.41, 5.74) is 1.81. The van der Waals surface area contributed by atoms with Gasteiger partial charge in [-0.2, -0.15) is 10.2 Å². The molecule has 0 radical (unpaired) electrons. The van der Waals surface area contributed by atoms with Crippen LogP contribution in [-0.4, -0.2) is 59.1 Å². The summed E-state index contributed by atoms with van der Waals surface area (Å²) in [6.07, 6.45) is 0.706. The molecule has 1 fully saturated rings. The molecule has 2 aromatic carbocycles. The van der Waals surface area contributed by atoms with Crippen molar-refractivity contribution in [3.8, 4) is 23.2 Å². The predicted molar refractivity (Wildman–Crippen MR) is 118 cm³/mol. The number of piperazine rings is 1. The van der Waals surface area contributed by atoms with Crippen LogP contribution in [0.15, 0.2) is 59.1 Å². The topological polar surface area (TPSA) is 95.5 Å². The van der Waals surface area contributed by atoms with E-state index in [-0.39, 0.29) is 11.9 Å². The van der Waals surface area contributed by atoms with Crippen LogP contribution in [0.2, 0.25) is 0 Å². The van der Waals surface area contributed by atoms with E-state index in [0.717, 1.165) is 16.9 Å². The van der Waals surface area contributed by atoms with Crippen LogP contribution in [0.5, 0.6) is 5.75 Å². The number of ether oxygens (including phenoxy) is 1. The second-order valence-corrected chi connectivity index (χ2v) is 7.60. The Morgan fingerprint density at radius 3 is 2.50 bits per heavy atom. The molecule has 32 heavy (non-hydrogen) atoms. The quantitative estimate of drug-likeness (QED) is 0.567. The summed E-state index contributed by atoms with van der Waals surface area (Å²) in [5, 5.41) is 13.6. The van der Waals surface area contributed by atoms with Crippen LogP contribution < -0.4 is 4.74 Å². The van der Waals surface area contributed by atoms with E-state index >= 15 is 0 Å². The van der Waals surface area contributed by atoms with Crippen molar-refractivity contribution in [2.24, 2.45) is 0 Å². The van der Waals surface area contributed by atoms with Gasteiger partial charge in [-0.05, 0) is 29.8 Å². The largest absolute Gasteiger partial charge is 0.497 e. The molecule has 0 bridgehead atoms. The lowest BCUT2D eigenvalue weighted by atomic mass is 10.1. The third-order valence-corrected chi connectivity index (χ3v) is 5.64. The predicted octanol–water partition coefficient (Wildman–Crippen LogP) is 3.09. The number of aromatic nitrogens is 2. The van der Waals surface area contributed by atoms with Crippen molar-refractivity contribution in [2.45, 2.75) is 18.9 Å². The first-order valence-corrected chi connectivity index (χ1v) is 10.6. The molecule has 1 amide bonds. The van der Waals surface area contributed by atoms with E-state index in [0.29, 0.717) is 50.7 Å². The fraction of sp³-hybridized carbons (Fsp3) is 0.333. The highest BCUT2D eigenvalue weighted by Gasteiger charge is 2.27. The van der Waals surface area contributed by atoms with Gasteiger partial charge in [-0.3, -0.25) is 9.69 Å². The molecule has 0 aliphatic carbocycles. The van der Waals surface area contributed by atoms with E-state index in [1.165, 1.54) is 0 Å². The third kappa shape index (κ3) is 4.95. The molecule has 1 unspecified atom stereocenters. The summed E-state index contributed by atoms with van der Waals surface area (Å²) in [5.74, 6) is 1.75. The SMILES string of the molecule is COc1ccc(-c2noc(CCC(=O)N3CCN(C(C#N)c4ccccc4)CC3)n2)cc1. The Morgan fingerprint density at radius 2 is 1.84 bits per heavy atom. The smallest absolute Gasteiger partial charge is 0.227 e. The van der Waals surface area contributed by atoms with Crippen molar-refractivity contribution in [3.05, 3.63) is 66.1 Å². The Bertz CT molecular complexity index is 1070. The number of nitrogens with zero attached hydrogens (tertiary/aromatic N) is 5. The Balaban J connectivity index is 1.27. The van der Waals surface area contributed by atoms with Gasteiger partial charge in [0.2, 0.25) is 17.6 Å². The number of benzene rings is 2. The highest BCUT2D eigenvalue weighted by molar-refractivity contribution is 5.76. The van der Waals surface area contributed by atoms with Crippen LogP contribution in [0.3, 0.4) is 0 Å². The van der Waals surface area contributed by atoms with Gasteiger partial charge in [0.15, 0.2) is 0 Å². The van der Waals surface area contributed by atoms with Gasteiger partial charge in [-0.15, -0.1) is 0 Å². The normalized spacial score (nSPS) is 15.2. The van der Waals surface area contributed by atoms with Gasteiger partial charge in [-0.1, -0.05) is 35.5 Å². The molecular formula is C24H25N5O3.